The number of hydrogen-bond acceptors (Lipinski definition) is 5. The van der Waals surface area contributed by atoms with Crippen molar-refractivity contribution in [2.24, 2.45) is 0 Å². The number of nitrogens with one attached hydrogen (secondary N) is 1. The number of hydrogen-bond donors (Lipinski definition) is 1. The van der Waals surface area contributed by atoms with E-state index in [9.17, 15) is 14.9 Å². The molecule has 0 aliphatic heterocycles. The van der Waals surface area contributed by atoms with Crippen molar-refractivity contribution in [3.8, 4) is 0 Å². The molecule has 1 amide bonds. The lowest BCUT2D eigenvalue weighted by Crippen LogP contribution is -2.40. The number of carbonyl (C=O) groups excluding carboxylic acids is 1. The summed E-state index contributed by atoms with van der Waals surface area (Å²) < 4.78 is 2.99. The van der Waals surface area contributed by atoms with Crippen LogP contribution in [0.3, 0.4) is 0 Å². The molecule has 0 unspecified atom stereocenters. The average molecular weight is 354 g/mol. The van der Waals surface area contributed by atoms with Crippen molar-refractivity contribution < 1.29 is 9.72 Å². The van der Waals surface area contributed by atoms with Gasteiger partial charge in [0.25, 0.3) is 5.91 Å². The fourth-order valence-corrected chi connectivity index (χ4v) is 2.39. The zero-order valence-electron chi connectivity index (χ0n) is 14.4. The second-order valence-electron chi connectivity index (χ2n) is 6.33. The summed E-state index contributed by atoms with van der Waals surface area (Å²) in [5, 5.41) is 21.7. The van der Waals surface area contributed by atoms with Gasteiger partial charge in [-0.25, -0.2) is 0 Å². The molecule has 0 bridgehead atoms. The van der Waals surface area contributed by atoms with Gasteiger partial charge in [-0.3, -0.25) is 24.3 Å². The normalized spacial score (nSPS) is 11.3. The molecule has 9 nitrogen and oxygen atoms in total. The molecule has 1 N–H and O–H groups in total. The molecule has 26 heavy (non-hydrogen) atoms. The third-order valence-corrected chi connectivity index (χ3v) is 3.99. The number of anilines is 1. The van der Waals surface area contributed by atoms with Crippen molar-refractivity contribution in [3.63, 3.8) is 0 Å². The van der Waals surface area contributed by atoms with Crippen LogP contribution in [-0.2, 0) is 16.9 Å². The van der Waals surface area contributed by atoms with E-state index in [-0.39, 0.29) is 11.6 Å². The van der Waals surface area contributed by atoms with Crippen LogP contribution in [-0.4, -0.2) is 30.4 Å². The Hall–Kier alpha value is -3.49. The summed E-state index contributed by atoms with van der Waals surface area (Å²) in [5.41, 5.74) is 0.371. The Morgan fingerprint density at radius 1 is 1.19 bits per heavy atom. The van der Waals surface area contributed by atoms with Crippen molar-refractivity contribution in [1.82, 2.24) is 19.6 Å². The maximum Gasteiger partial charge on any atom is 0.307 e. The first-order chi connectivity index (χ1) is 12.4. The summed E-state index contributed by atoms with van der Waals surface area (Å²) in [5.74, 6) is -0.352. The van der Waals surface area contributed by atoms with Gasteiger partial charge < -0.3 is 5.32 Å². The van der Waals surface area contributed by atoms with Crippen molar-refractivity contribution in [2.45, 2.75) is 25.9 Å². The molecule has 2 aromatic heterocycles. The molecular weight excluding hydrogens is 336 g/mol. The SMILES string of the molecule is CC(C)(C(=O)Nc1cnn(Cc2ccccc2)c1)n1cc([N+](=O)[O-])cn1. The molecule has 0 atom stereocenters. The molecule has 0 spiro atoms. The maximum absolute atomic E-state index is 12.6. The molecule has 1 aromatic carbocycles. The van der Waals surface area contributed by atoms with Crippen LogP contribution in [0.2, 0.25) is 0 Å². The molecule has 0 saturated heterocycles. The summed E-state index contributed by atoms with van der Waals surface area (Å²) in [7, 11) is 0. The average Bonchev–Trinajstić information content (AvgIpc) is 3.26. The predicted octanol–water partition coefficient (Wildman–Crippen LogP) is 2.41. The van der Waals surface area contributed by atoms with E-state index in [1.165, 1.54) is 10.9 Å². The quantitative estimate of drug-likeness (QED) is 0.540. The van der Waals surface area contributed by atoms with E-state index in [4.69, 9.17) is 0 Å². The number of carbonyl (C=O) groups is 1. The van der Waals surface area contributed by atoms with Crippen molar-refractivity contribution in [1.29, 1.82) is 0 Å². The Kier molecular flexibility index (Phi) is 4.53. The zero-order valence-corrected chi connectivity index (χ0v) is 14.4. The fraction of sp³-hybridized carbons (Fsp3) is 0.235. The van der Waals surface area contributed by atoms with Crippen molar-refractivity contribution >= 4 is 17.3 Å². The maximum atomic E-state index is 12.6. The lowest BCUT2D eigenvalue weighted by molar-refractivity contribution is -0.385. The third kappa shape index (κ3) is 3.61. The number of amides is 1. The molecular formula is C17H18N6O3. The molecule has 9 heteroatoms. The van der Waals surface area contributed by atoms with Gasteiger partial charge in [0, 0.05) is 6.20 Å². The summed E-state index contributed by atoms with van der Waals surface area (Å²) in [6, 6.07) is 9.84. The lowest BCUT2D eigenvalue weighted by Gasteiger charge is -2.23. The minimum Gasteiger partial charge on any atom is -0.321 e. The number of nitrogens with zero attached hydrogens (tertiary/aromatic N) is 5. The topological polar surface area (TPSA) is 108 Å². The van der Waals surface area contributed by atoms with Gasteiger partial charge >= 0.3 is 5.69 Å². The molecule has 2 heterocycles. The summed E-state index contributed by atoms with van der Waals surface area (Å²) in [6.45, 7) is 3.85. The Balaban J connectivity index is 1.70. The standard InChI is InChI=1S/C17H18N6O3/c1-17(2,22-12-15(9-19-22)23(25)26)16(24)20-14-8-18-21(11-14)10-13-6-4-3-5-7-13/h3-9,11-12H,10H2,1-2H3,(H,20,24). The van der Waals surface area contributed by atoms with Crippen molar-refractivity contribution in [3.05, 3.63) is 70.8 Å². The van der Waals surface area contributed by atoms with Gasteiger partial charge in [0.1, 0.15) is 17.9 Å². The van der Waals surface area contributed by atoms with Gasteiger partial charge in [0.15, 0.2) is 0 Å². The van der Waals surface area contributed by atoms with Crippen LogP contribution >= 0.6 is 0 Å². The first kappa shape index (κ1) is 17.3. The summed E-state index contributed by atoms with van der Waals surface area (Å²) in [4.78, 5) is 22.8. The van der Waals surface area contributed by atoms with Gasteiger partial charge in [-0.15, -0.1) is 0 Å². The monoisotopic (exact) mass is 354 g/mol. The fourth-order valence-electron chi connectivity index (χ4n) is 2.39. The number of benzene rings is 1. The van der Waals surface area contributed by atoms with Crippen molar-refractivity contribution in [2.75, 3.05) is 5.32 Å². The molecule has 0 radical (unpaired) electrons. The lowest BCUT2D eigenvalue weighted by atomic mass is 10.1. The highest BCUT2D eigenvalue weighted by atomic mass is 16.6. The largest absolute Gasteiger partial charge is 0.321 e. The van der Waals surface area contributed by atoms with Crippen LogP contribution in [0, 0.1) is 10.1 Å². The second kappa shape index (κ2) is 6.79. The highest BCUT2D eigenvalue weighted by Gasteiger charge is 2.32. The van der Waals surface area contributed by atoms with Gasteiger partial charge in [0.05, 0.1) is 23.4 Å². The third-order valence-electron chi connectivity index (χ3n) is 3.99. The molecule has 0 aliphatic carbocycles. The summed E-state index contributed by atoms with van der Waals surface area (Å²) in [6.07, 6.45) is 5.64. The zero-order chi connectivity index (χ0) is 18.7. The smallest absolute Gasteiger partial charge is 0.307 e. The van der Waals surface area contributed by atoms with Gasteiger partial charge in [-0.2, -0.15) is 10.2 Å². The van der Waals surface area contributed by atoms with E-state index in [1.807, 2.05) is 30.3 Å². The molecule has 134 valence electrons. The van der Waals surface area contributed by atoms with Crippen LogP contribution in [0.5, 0.6) is 0 Å². The summed E-state index contributed by atoms with van der Waals surface area (Å²) >= 11 is 0. The highest BCUT2D eigenvalue weighted by Crippen LogP contribution is 2.20. The van der Waals surface area contributed by atoms with Crippen LogP contribution in [0.1, 0.15) is 19.4 Å². The minimum atomic E-state index is -1.10. The van der Waals surface area contributed by atoms with Crippen LogP contribution in [0.25, 0.3) is 0 Å². The molecule has 3 aromatic rings. The van der Waals surface area contributed by atoms with E-state index in [2.05, 4.69) is 15.5 Å². The van der Waals surface area contributed by atoms with Crippen LogP contribution in [0.4, 0.5) is 11.4 Å². The van der Waals surface area contributed by atoms with Gasteiger partial charge in [-0.1, -0.05) is 30.3 Å². The minimum absolute atomic E-state index is 0.165. The molecule has 0 aliphatic rings. The van der Waals surface area contributed by atoms with Crippen LogP contribution < -0.4 is 5.32 Å². The Morgan fingerprint density at radius 3 is 2.58 bits per heavy atom. The van der Waals surface area contributed by atoms with E-state index in [1.54, 1.807) is 30.9 Å². The number of rotatable bonds is 6. The Labute approximate surface area is 149 Å². The number of aromatic nitrogens is 4. The van der Waals surface area contributed by atoms with E-state index < -0.39 is 10.5 Å². The van der Waals surface area contributed by atoms with Crippen LogP contribution in [0.15, 0.2) is 55.1 Å². The second-order valence-corrected chi connectivity index (χ2v) is 6.33. The Morgan fingerprint density at radius 2 is 1.92 bits per heavy atom. The first-order valence-electron chi connectivity index (χ1n) is 7.93. The first-order valence-corrected chi connectivity index (χ1v) is 7.93. The predicted molar refractivity (Wildman–Crippen MR) is 94.6 cm³/mol. The van der Waals surface area contributed by atoms with E-state index >= 15 is 0 Å². The van der Waals surface area contributed by atoms with E-state index in [0.29, 0.717) is 12.2 Å². The Bertz CT molecular complexity index is 929. The molecule has 3 rings (SSSR count). The molecule has 0 fully saturated rings. The van der Waals surface area contributed by atoms with E-state index in [0.717, 1.165) is 11.8 Å². The number of nitro groups is 1. The van der Waals surface area contributed by atoms with Gasteiger partial charge in [0.2, 0.25) is 0 Å². The molecule has 0 saturated carbocycles. The van der Waals surface area contributed by atoms with Gasteiger partial charge in [-0.05, 0) is 19.4 Å². The highest BCUT2D eigenvalue weighted by molar-refractivity contribution is 5.95.